The van der Waals surface area contributed by atoms with Gasteiger partial charge in [0.25, 0.3) is 0 Å². The summed E-state index contributed by atoms with van der Waals surface area (Å²) < 4.78 is 0. The van der Waals surface area contributed by atoms with Crippen LogP contribution in [0, 0.1) is 33.5 Å². The van der Waals surface area contributed by atoms with Crippen LogP contribution in [0.25, 0.3) is 0 Å². The third kappa shape index (κ3) is 3.32. The molecule has 29 heavy (non-hydrogen) atoms. The fourth-order valence-corrected chi connectivity index (χ4v) is 6.32. The quantitative estimate of drug-likeness (QED) is 0.678. The zero-order valence-corrected chi connectivity index (χ0v) is 18.1. The molecule has 4 aliphatic rings. The molecule has 2 aliphatic carbocycles. The highest BCUT2D eigenvalue weighted by Crippen LogP contribution is 2.56. The molecule has 2 aliphatic heterocycles. The number of halogens is 1. The second-order valence-corrected chi connectivity index (χ2v) is 10.2. The fourth-order valence-electron chi connectivity index (χ4n) is 6.05. The van der Waals surface area contributed by atoms with Gasteiger partial charge in [-0.1, -0.05) is 31.5 Å². The van der Waals surface area contributed by atoms with Crippen molar-refractivity contribution >= 4 is 28.9 Å². The van der Waals surface area contributed by atoms with Gasteiger partial charge in [-0.3, -0.25) is 4.79 Å². The SMILES string of the molecule is CNc1cccc(Cl)c1C(=N)C(C)(C)CC(=O)N1C2CC3CC1CC(C#N)(C3)C2. The van der Waals surface area contributed by atoms with E-state index in [4.69, 9.17) is 17.0 Å². The first-order valence-corrected chi connectivity index (χ1v) is 10.9. The Bertz CT molecular complexity index is 887. The minimum Gasteiger partial charge on any atom is -0.388 e. The van der Waals surface area contributed by atoms with E-state index in [1.165, 1.54) is 0 Å². The van der Waals surface area contributed by atoms with Crippen molar-refractivity contribution < 1.29 is 4.79 Å². The molecule has 1 aromatic rings. The van der Waals surface area contributed by atoms with Crippen LogP contribution in [0.2, 0.25) is 5.02 Å². The molecule has 4 fully saturated rings. The van der Waals surface area contributed by atoms with Crippen LogP contribution in [-0.4, -0.2) is 35.7 Å². The molecule has 2 saturated carbocycles. The van der Waals surface area contributed by atoms with E-state index < -0.39 is 5.41 Å². The van der Waals surface area contributed by atoms with Crippen LogP contribution in [-0.2, 0) is 4.79 Å². The first-order valence-electron chi connectivity index (χ1n) is 10.5. The second-order valence-electron chi connectivity index (χ2n) is 9.80. The molecule has 5 nitrogen and oxygen atoms in total. The summed E-state index contributed by atoms with van der Waals surface area (Å²) in [6.07, 6.45) is 4.96. The van der Waals surface area contributed by atoms with Gasteiger partial charge in [0.15, 0.2) is 0 Å². The van der Waals surface area contributed by atoms with Crippen LogP contribution in [0.5, 0.6) is 0 Å². The fraction of sp³-hybridized carbons (Fsp3) is 0.609. The molecule has 2 unspecified atom stereocenters. The number of carbonyl (C=O) groups is 1. The molecule has 2 N–H and O–H groups in total. The van der Waals surface area contributed by atoms with Gasteiger partial charge < -0.3 is 15.6 Å². The molecule has 0 radical (unpaired) electrons. The highest BCUT2D eigenvalue weighted by molar-refractivity contribution is 6.35. The summed E-state index contributed by atoms with van der Waals surface area (Å²) in [5.74, 6) is 0.698. The Hall–Kier alpha value is -2.06. The lowest BCUT2D eigenvalue weighted by Gasteiger charge is -2.59. The van der Waals surface area contributed by atoms with Gasteiger partial charge >= 0.3 is 0 Å². The molecule has 4 bridgehead atoms. The molecule has 2 heterocycles. The number of carbonyl (C=O) groups excluding carboxylic acids is 1. The average molecular weight is 413 g/mol. The summed E-state index contributed by atoms with van der Waals surface area (Å²) in [5, 5.41) is 22.2. The van der Waals surface area contributed by atoms with Crippen LogP contribution in [0.15, 0.2) is 18.2 Å². The molecule has 1 amide bonds. The number of rotatable bonds is 5. The number of hydrogen-bond donors (Lipinski definition) is 2. The molecule has 6 heteroatoms. The van der Waals surface area contributed by atoms with Gasteiger partial charge in [-0.25, -0.2) is 0 Å². The third-order valence-corrected chi connectivity index (χ3v) is 7.57. The van der Waals surface area contributed by atoms with Crippen molar-refractivity contribution in [3.8, 4) is 6.07 Å². The zero-order valence-electron chi connectivity index (χ0n) is 17.4. The molecule has 1 aromatic carbocycles. The maximum atomic E-state index is 13.4. The minimum atomic E-state index is -0.644. The summed E-state index contributed by atoms with van der Waals surface area (Å²) in [4.78, 5) is 15.5. The van der Waals surface area contributed by atoms with Crippen molar-refractivity contribution in [3.63, 3.8) is 0 Å². The first-order chi connectivity index (χ1) is 13.7. The monoisotopic (exact) mass is 412 g/mol. The van der Waals surface area contributed by atoms with E-state index in [2.05, 4.69) is 16.3 Å². The van der Waals surface area contributed by atoms with E-state index in [9.17, 15) is 10.1 Å². The number of hydrogen-bond acceptors (Lipinski definition) is 4. The molecular formula is C23H29ClN4O. The van der Waals surface area contributed by atoms with Gasteiger partial charge in [-0.2, -0.15) is 5.26 Å². The van der Waals surface area contributed by atoms with Crippen LogP contribution in [0.4, 0.5) is 5.69 Å². The molecule has 5 rings (SSSR count). The Morgan fingerprint density at radius 2 is 2.00 bits per heavy atom. The predicted molar refractivity (Wildman–Crippen MR) is 115 cm³/mol. The average Bonchev–Trinajstić information content (AvgIpc) is 2.66. The Balaban J connectivity index is 1.54. The maximum absolute atomic E-state index is 13.4. The number of anilines is 1. The lowest BCUT2D eigenvalue weighted by molar-refractivity contribution is -0.154. The summed E-state index contributed by atoms with van der Waals surface area (Å²) in [6, 6.07) is 8.49. The van der Waals surface area contributed by atoms with Crippen molar-refractivity contribution in [2.75, 3.05) is 12.4 Å². The highest BCUT2D eigenvalue weighted by atomic mass is 35.5. The van der Waals surface area contributed by atoms with Crippen molar-refractivity contribution in [2.24, 2.45) is 16.7 Å². The second kappa shape index (κ2) is 7.02. The normalized spacial score (nSPS) is 30.2. The first kappa shape index (κ1) is 20.2. The van der Waals surface area contributed by atoms with Gasteiger partial charge in [-0.15, -0.1) is 0 Å². The number of benzene rings is 1. The summed E-state index contributed by atoms with van der Waals surface area (Å²) in [5.41, 5.74) is 0.982. The van der Waals surface area contributed by atoms with E-state index in [0.717, 1.165) is 37.8 Å². The van der Waals surface area contributed by atoms with Crippen molar-refractivity contribution in [1.29, 1.82) is 10.7 Å². The lowest BCUT2D eigenvalue weighted by Crippen LogP contribution is -2.63. The predicted octanol–water partition coefficient (Wildman–Crippen LogP) is 4.85. The lowest BCUT2D eigenvalue weighted by atomic mass is 9.56. The largest absolute Gasteiger partial charge is 0.388 e. The number of nitrogens with one attached hydrogen (secondary N) is 2. The third-order valence-electron chi connectivity index (χ3n) is 7.26. The van der Waals surface area contributed by atoms with Crippen molar-refractivity contribution in [1.82, 2.24) is 4.90 Å². The molecule has 0 aromatic heterocycles. The topological polar surface area (TPSA) is 80.0 Å². The number of piperidine rings is 2. The smallest absolute Gasteiger partial charge is 0.224 e. The van der Waals surface area contributed by atoms with Gasteiger partial charge in [-0.05, 0) is 50.2 Å². The van der Waals surface area contributed by atoms with Gasteiger partial charge in [0.05, 0.1) is 16.5 Å². The Labute approximate surface area is 177 Å². The standard InChI is InChI=1S/C23H29ClN4O/c1-22(2,21(26)20-17(24)5-4-6-18(20)27-3)12-19(29)28-15-7-14-8-16(28)11-23(9-14,10-15)13-25/h4-6,14-16,26-27H,7-12H2,1-3H3. The van der Waals surface area contributed by atoms with Crippen LogP contribution < -0.4 is 5.32 Å². The summed E-state index contributed by atoms with van der Waals surface area (Å²) >= 11 is 6.42. The number of nitrogens with zero attached hydrogens (tertiary/aromatic N) is 2. The molecular weight excluding hydrogens is 384 g/mol. The van der Waals surface area contributed by atoms with Crippen LogP contribution in [0.3, 0.4) is 0 Å². The summed E-state index contributed by atoms with van der Waals surface area (Å²) in [6.45, 7) is 3.90. The molecule has 2 saturated heterocycles. The van der Waals surface area contributed by atoms with Crippen molar-refractivity contribution in [3.05, 3.63) is 28.8 Å². The minimum absolute atomic E-state index is 0.111. The van der Waals surface area contributed by atoms with Gasteiger partial charge in [0, 0.05) is 47.9 Å². The Kier molecular flexibility index (Phi) is 4.90. The van der Waals surface area contributed by atoms with E-state index in [-0.39, 0.29) is 29.8 Å². The van der Waals surface area contributed by atoms with Crippen LogP contribution >= 0.6 is 11.6 Å². The van der Waals surface area contributed by atoms with Gasteiger partial charge in [0.2, 0.25) is 5.91 Å². The molecule has 0 spiro atoms. The Morgan fingerprint density at radius 3 is 2.59 bits per heavy atom. The zero-order chi connectivity index (χ0) is 21.0. The van der Waals surface area contributed by atoms with E-state index in [1.54, 1.807) is 6.07 Å². The van der Waals surface area contributed by atoms with E-state index in [0.29, 0.717) is 22.2 Å². The van der Waals surface area contributed by atoms with E-state index >= 15 is 0 Å². The number of amides is 1. The Morgan fingerprint density at radius 1 is 1.34 bits per heavy atom. The maximum Gasteiger partial charge on any atom is 0.224 e. The van der Waals surface area contributed by atoms with Crippen molar-refractivity contribution in [2.45, 2.75) is 64.5 Å². The van der Waals surface area contributed by atoms with Gasteiger partial charge in [0.1, 0.15) is 0 Å². The molecule has 154 valence electrons. The summed E-state index contributed by atoms with van der Waals surface area (Å²) in [7, 11) is 1.81. The van der Waals surface area contributed by atoms with E-state index in [1.807, 2.05) is 33.0 Å². The number of nitriles is 1. The molecule has 2 atom stereocenters. The highest BCUT2D eigenvalue weighted by Gasteiger charge is 2.56. The van der Waals surface area contributed by atoms with Crippen LogP contribution in [0.1, 0.15) is 57.9 Å².